The minimum absolute atomic E-state index is 0.0659. The Morgan fingerprint density at radius 3 is 2.80 bits per heavy atom. The molecule has 1 aromatic carbocycles. The third kappa shape index (κ3) is 4.50. The summed E-state index contributed by atoms with van der Waals surface area (Å²) in [7, 11) is 1.53. The summed E-state index contributed by atoms with van der Waals surface area (Å²) in [5, 5.41) is 11.2. The Bertz CT molecular complexity index is 557. The van der Waals surface area contributed by atoms with Crippen molar-refractivity contribution in [1.29, 1.82) is 0 Å². The Hall–Kier alpha value is -2.74. The van der Waals surface area contributed by atoms with E-state index in [0.717, 1.165) is 0 Å². The molecule has 0 spiro atoms. The van der Waals surface area contributed by atoms with Crippen LogP contribution in [-0.4, -0.2) is 30.1 Å². The molecule has 5 nitrogen and oxygen atoms in total. The lowest BCUT2D eigenvalue weighted by Crippen LogP contribution is -2.39. The number of methoxy groups -OCH3 is 1. The van der Waals surface area contributed by atoms with E-state index in [0.29, 0.717) is 11.3 Å². The minimum atomic E-state index is -1.16. The predicted molar refractivity (Wildman–Crippen MR) is 75.0 cm³/mol. The monoisotopic (exact) mass is 273 g/mol. The highest BCUT2D eigenvalue weighted by molar-refractivity contribution is 5.94. The summed E-state index contributed by atoms with van der Waals surface area (Å²) in [6.07, 6.45) is 7.77. The summed E-state index contributed by atoms with van der Waals surface area (Å²) in [4.78, 5) is 22.5. The topological polar surface area (TPSA) is 75.6 Å². The zero-order chi connectivity index (χ0) is 15.0. The van der Waals surface area contributed by atoms with Gasteiger partial charge in [-0.3, -0.25) is 4.79 Å². The molecule has 1 atom stereocenters. The largest absolute Gasteiger partial charge is 0.496 e. The van der Waals surface area contributed by atoms with E-state index < -0.39 is 17.9 Å². The smallest absolute Gasteiger partial charge is 0.327 e. The zero-order valence-corrected chi connectivity index (χ0v) is 11.0. The third-order valence-electron chi connectivity index (χ3n) is 2.49. The second kappa shape index (κ2) is 7.64. The van der Waals surface area contributed by atoms with Gasteiger partial charge in [0.15, 0.2) is 0 Å². The number of benzene rings is 1. The fourth-order valence-electron chi connectivity index (χ4n) is 1.51. The molecule has 0 aromatic heterocycles. The first-order valence-electron chi connectivity index (χ1n) is 5.86. The second-order valence-electron chi connectivity index (χ2n) is 3.88. The molecule has 0 aliphatic carbocycles. The maximum absolute atomic E-state index is 11.6. The van der Waals surface area contributed by atoms with Crippen LogP contribution in [-0.2, 0) is 9.59 Å². The number of aliphatic carboxylic acids is 1. The number of amides is 1. The van der Waals surface area contributed by atoms with Gasteiger partial charge in [-0.25, -0.2) is 4.79 Å². The van der Waals surface area contributed by atoms with Crippen LogP contribution in [0.3, 0.4) is 0 Å². The van der Waals surface area contributed by atoms with Crippen LogP contribution in [0.25, 0.3) is 6.08 Å². The van der Waals surface area contributed by atoms with Gasteiger partial charge in [-0.05, 0) is 12.1 Å². The van der Waals surface area contributed by atoms with Gasteiger partial charge < -0.3 is 15.2 Å². The Labute approximate surface area is 117 Å². The molecule has 0 aliphatic heterocycles. The van der Waals surface area contributed by atoms with Crippen molar-refractivity contribution in [3.8, 4) is 18.1 Å². The van der Waals surface area contributed by atoms with E-state index >= 15 is 0 Å². The van der Waals surface area contributed by atoms with Gasteiger partial charge in [0.25, 0.3) is 0 Å². The van der Waals surface area contributed by atoms with Crippen LogP contribution in [0.1, 0.15) is 12.0 Å². The SMILES string of the molecule is C#CCC(NC(=O)/C=C/c1ccccc1OC)C(=O)O. The summed E-state index contributed by atoms with van der Waals surface area (Å²) >= 11 is 0. The van der Waals surface area contributed by atoms with E-state index in [-0.39, 0.29) is 6.42 Å². The average Bonchev–Trinajstić information content (AvgIpc) is 2.44. The highest BCUT2D eigenvalue weighted by Gasteiger charge is 2.17. The minimum Gasteiger partial charge on any atom is -0.496 e. The lowest BCUT2D eigenvalue weighted by Gasteiger charge is -2.09. The van der Waals surface area contributed by atoms with Crippen molar-refractivity contribution in [2.45, 2.75) is 12.5 Å². The van der Waals surface area contributed by atoms with Gasteiger partial charge >= 0.3 is 5.97 Å². The number of para-hydroxylation sites is 1. The van der Waals surface area contributed by atoms with Gasteiger partial charge in [0.1, 0.15) is 11.8 Å². The third-order valence-corrected chi connectivity index (χ3v) is 2.49. The molecule has 2 N–H and O–H groups in total. The van der Waals surface area contributed by atoms with Crippen LogP contribution in [0.4, 0.5) is 0 Å². The highest BCUT2D eigenvalue weighted by atomic mass is 16.5. The number of carbonyl (C=O) groups is 2. The Balaban J connectivity index is 2.72. The average molecular weight is 273 g/mol. The molecule has 0 aliphatic rings. The molecule has 0 bridgehead atoms. The van der Waals surface area contributed by atoms with Crippen molar-refractivity contribution in [2.75, 3.05) is 7.11 Å². The van der Waals surface area contributed by atoms with Gasteiger partial charge in [-0.2, -0.15) is 0 Å². The normalized spacial score (nSPS) is 11.6. The van der Waals surface area contributed by atoms with E-state index in [2.05, 4.69) is 11.2 Å². The van der Waals surface area contributed by atoms with Crippen molar-refractivity contribution in [3.05, 3.63) is 35.9 Å². The van der Waals surface area contributed by atoms with E-state index in [1.807, 2.05) is 6.07 Å². The number of carbonyl (C=O) groups excluding carboxylic acids is 1. The molecule has 104 valence electrons. The van der Waals surface area contributed by atoms with Crippen LogP contribution in [0.2, 0.25) is 0 Å². The summed E-state index contributed by atoms with van der Waals surface area (Å²) in [5.41, 5.74) is 0.717. The maximum atomic E-state index is 11.6. The van der Waals surface area contributed by atoms with E-state index in [9.17, 15) is 9.59 Å². The maximum Gasteiger partial charge on any atom is 0.327 e. The van der Waals surface area contributed by atoms with Gasteiger partial charge in [-0.15, -0.1) is 12.3 Å². The zero-order valence-electron chi connectivity index (χ0n) is 11.0. The number of nitrogens with one attached hydrogen (secondary N) is 1. The van der Waals surface area contributed by atoms with Gasteiger partial charge in [0.2, 0.25) is 5.91 Å². The van der Waals surface area contributed by atoms with E-state index in [4.69, 9.17) is 16.3 Å². The molecule has 1 rings (SSSR count). The summed E-state index contributed by atoms with van der Waals surface area (Å²) < 4.78 is 5.13. The summed E-state index contributed by atoms with van der Waals surface area (Å²) in [6.45, 7) is 0. The lowest BCUT2D eigenvalue weighted by atomic mass is 10.1. The molecule has 0 heterocycles. The number of terminal acetylenes is 1. The van der Waals surface area contributed by atoms with Crippen molar-refractivity contribution >= 4 is 18.0 Å². The number of ether oxygens (including phenoxy) is 1. The summed E-state index contributed by atoms with van der Waals surface area (Å²) in [6, 6.07) is 6.06. The van der Waals surface area contributed by atoms with Crippen LogP contribution >= 0.6 is 0 Å². The van der Waals surface area contributed by atoms with Crippen LogP contribution in [0.15, 0.2) is 30.3 Å². The molecule has 0 saturated heterocycles. The van der Waals surface area contributed by atoms with E-state index in [1.54, 1.807) is 24.3 Å². The van der Waals surface area contributed by atoms with Crippen LogP contribution in [0, 0.1) is 12.3 Å². The lowest BCUT2D eigenvalue weighted by molar-refractivity contribution is -0.141. The summed E-state index contributed by atoms with van der Waals surface area (Å²) in [5.74, 6) is 1.13. The van der Waals surface area contributed by atoms with Gasteiger partial charge in [0, 0.05) is 18.1 Å². The van der Waals surface area contributed by atoms with Crippen molar-refractivity contribution in [3.63, 3.8) is 0 Å². The molecule has 1 unspecified atom stereocenters. The molecule has 1 aromatic rings. The molecule has 5 heteroatoms. The number of hydrogen-bond donors (Lipinski definition) is 2. The number of rotatable bonds is 6. The Morgan fingerprint density at radius 1 is 1.50 bits per heavy atom. The fourth-order valence-corrected chi connectivity index (χ4v) is 1.51. The molecule has 0 saturated carbocycles. The highest BCUT2D eigenvalue weighted by Crippen LogP contribution is 2.18. The first-order chi connectivity index (χ1) is 9.58. The first-order valence-corrected chi connectivity index (χ1v) is 5.86. The molecular weight excluding hydrogens is 258 g/mol. The van der Waals surface area contributed by atoms with Gasteiger partial charge in [-0.1, -0.05) is 18.2 Å². The van der Waals surface area contributed by atoms with Crippen LogP contribution < -0.4 is 10.1 Å². The standard InChI is InChI=1S/C15H15NO4/c1-3-6-12(15(18)19)16-14(17)10-9-11-7-4-5-8-13(11)20-2/h1,4-5,7-10,12H,6H2,2H3,(H,16,17)(H,18,19)/b10-9+. The Kier molecular flexibility index (Phi) is 5.85. The van der Waals surface area contributed by atoms with Crippen molar-refractivity contribution in [1.82, 2.24) is 5.32 Å². The van der Waals surface area contributed by atoms with Crippen molar-refractivity contribution in [2.24, 2.45) is 0 Å². The Morgan fingerprint density at radius 2 is 2.20 bits per heavy atom. The first kappa shape index (κ1) is 15.3. The molecule has 0 fully saturated rings. The molecule has 1 amide bonds. The number of carboxylic acids is 1. The van der Waals surface area contributed by atoms with Crippen molar-refractivity contribution < 1.29 is 19.4 Å². The van der Waals surface area contributed by atoms with E-state index in [1.165, 1.54) is 13.2 Å². The van der Waals surface area contributed by atoms with Gasteiger partial charge in [0.05, 0.1) is 7.11 Å². The van der Waals surface area contributed by atoms with Crippen LogP contribution in [0.5, 0.6) is 5.75 Å². The second-order valence-corrected chi connectivity index (χ2v) is 3.88. The predicted octanol–water partition coefficient (Wildman–Crippen LogP) is 1.30. The fraction of sp³-hybridized carbons (Fsp3) is 0.200. The molecular formula is C15H15NO4. The quantitative estimate of drug-likeness (QED) is 0.605. The molecule has 20 heavy (non-hydrogen) atoms. The number of carboxylic acid groups (broad SMARTS) is 1. The number of hydrogen-bond acceptors (Lipinski definition) is 3. The molecule has 0 radical (unpaired) electrons.